The molecule has 2 aromatic carbocycles. The molecule has 1 aliphatic rings. The molecule has 1 fully saturated rings. The Morgan fingerprint density at radius 3 is 2.29 bits per heavy atom. The molecule has 6 nitrogen and oxygen atoms in total. The van der Waals surface area contributed by atoms with E-state index in [4.69, 9.17) is 17.0 Å². The van der Waals surface area contributed by atoms with E-state index in [-0.39, 0.29) is 11.0 Å². The van der Waals surface area contributed by atoms with E-state index in [1.165, 1.54) is 5.69 Å². The van der Waals surface area contributed by atoms with Gasteiger partial charge in [-0.15, -0.1) is 0 Å². The van der Waals surface area contributed by atoms with Crippen molar-refractivity contribution in [2.45, 2.75) is 26.7 Å². The Balaban J connectivity index is 1.47. The third-order valence-corrected chi connectivity index (χ3v) is 5.62. The third kappa shape index (κ3) is 6.94. The predicted molar refractivity (Wildman–Crippen MR) is 131 cm³/mol. The highest BCUT2D eigenvalue weighted by atomic mass is 32.1. The number of rotatable bonds is 8. The standard InChI is InChI=1S/C24H32N4O2S/c1-3-5-18-30-22-12-6-19(7-13-22)23(29)26-24(31)25-20-8-10-21(11-9-20)28-16-14-27(4-2)15-17-28/h6-13H,3-5,14-18H2,1-2H3,(H2,25,26,29,31). The summed E-state index contributed by atoms with van der Waals surface area (Å²) in [7, 11) is 0. The van der Waals surface area contributed by atoms with Gasteiger partial charge in [0.05, 0.1) is 6.61 Å². The number of likely N-dealkylation sites (N-methyl/N-ethyl adjacent to an activating group) is 1. The first-order chi connectivity index (χ1) is 15.1. The van der Waals surface area contributed by atoms with Gasteiger partial charge in [0.2, 0.25) is 0 Å². The second-order valence-electron chi connectivity index (χ2n) is 7.60. The number of benzene rings is 2. The first-order valence-corrected chi connectivity index (χ1v) is 11.4. The number of anilines is 2. The summed E-state index contributed by atoms with van der Waals surface area (Å²) >= 11 is 5.31. The maximum atomic E-state index is 12.4. The number of thiocarbonyl (C=S) groups is 1. The van der Waals surface area contributed by atoms with E-state index in [1.54, 1.807) is 24.3 Å². The Kier molecular flexibility index (Phi) is 8.67. The molecule has 0 bridgehead atoms. The van der Waals surface area contributed by atoms with E-state index in [9.17, 15) is 4.79 Å². The van der Waals surface area contributed by atoms with Gasteiger partial charge in [0.1, 0.15) is 5.75 Å². The lowest BCUT2D eigenvalue weighted by atomic mass is 10.2. The van der Waals surface area contributed by atoms with Gasteiger partial charge >= 0.3 is 0 Å². The zero-order valence-electron chi connectivity index (χ0n) is 18.4. The first kappa shape index (κ1) is 23.0. The topological polar surface area (TPSA) is 56.8 Å². The van der Waals surface area contributed by atoms with Gasteiger partial charge in [0, 0.05) is 43.1 Å². The van der Waals surface area contributed by atoms with Crippen LogP contribution in [-0.2, 0) is 0 Å². The van der Waals surface area contributed by atoms with Crippen molar-refractivity contribution >= 4 is 34.6 Å². The number of hydrogen-bond donors (Lipinski definition) is 2. The maximum Gasteiger partial charge on any atom is 0.257 e. The lowest BCUT2D eigenvalue weighted by molar-refractivity contribution is 0.0977. The largest absolute Gasteiger partial charge is 0.494 e. The minimum Gasteiger partial charge on any atom is -0.494 e. The summed E-state index contributed by atoms with van der Waals surface area (Å²) < 4.78 is 5.63. The highest BCUT2D eigenvalue weighted by molar-refractivity contribution is 7.80. The van der Waals surface area contributed by atoms with Gasteiger partial charge < -0.3 is 19.9 Å². The molecule has 1 heterocycles. The average molecular weight is 441 g/mol. The van der Waals surface area contributed by atoms with Crippen molar-refractivity contribution in [1.82, 2.24) is 10.2 Å². The van der Waals surface area contributed by atoms with Crippen molar-refractivity contribution in [2.24, 2.45) is 0 Å². The molecule has 7 heteroatoms. The fourth-order valence-electron chi connectivity index (χ4n) is 3.45. The highest BCUT2D eigenvalue weighted by Gasteiger charge is 2.15. The normalized spacial score (nSPS) is 14.2. The van der Waals surface area contributed by atoms with E-state index in [0.717, 1.165) is 57.0 Å². The third-order valence-electron chi connectivity index (χ3n) is 5.42. The van der Waals surface area contributed by atoms with Crippen LogP contribution in [0.3, 0.4) is 0 Å². The molecule has 0 saturated carbocycles. The number of unbranched alkanes of at least 4 members (excludes halogenated alkanes) is 1. The summed E-state index contributed by atoms with van der Waals surface area (Å²) in [5, 5.41) is 6.09. The lowest BCUT2D eigenvalue weighted by Crippen LogP contribution is -2.46. The van der Waals surface area contributed by atoms with Crippen molar-refractivity contribution in [2.75, 3.05) is 49.5 Å². The maximum absolute atomic E-state index is 12.4. The van der Waals surface area contributed by atoms with Gasteiger partial charge in [-0.05, 0) is 73.7 Å². The van der Waals surface area contributed by atoms with Crippen LogP contribution in [0.1, 0.15) is 37.0 Å². The van der Waals surface area contributed by atoms with Crippen LogP contribution in [-0.4, -0.2) is 55.3 Å². The lowest BCUT2D eigenvalue weighted by Gasteiger charge is -2.35. The van der Waals surface area contributed by atoms with Crippen LogP contribution in [0.2, 0.25) is 0 Å². The number of ether oxygens (including phenoxy) is 1. The Bertz CT molecular complexity index is 847. The van der Waals surface area contributed by atoms with Gasteiger partial charge in [-0.1, -0.05) is 20.3 Å². The minimum atomic E-state index is -0.247. The summed E-state index contributed by atoms with van der Waals surface area (Å²) in [6.07, 6.45) is 2.10. The minimum absolute atomic E-state index is 0.247. The van der Waals surface area contributed by atoms with Gasteiger partial charge in [0.15, 0.2) is 5.11 Å². The number of hydrogen-bond acceptors (Lipinski definition) is 5. The Morgan fingerprint density at radius 1 is 1.00 bits per heavy atom. The van der Waals surface area contributed by atoms with E-state index in [0.29, 0.717) is 12.2 Å². The van der Waals surface area contributed by atoms with E-state index in [2.05, 4.69) is 46.4 Å². The predicted octanol–water partition coefficient (Wildman–Crippen LogP) is 4.13. The molecule has 2 aromatic rings. The second kappa shape index (κ2) is 11.7. The molecule has 0 radical (unpaired) electrons. The number of carbonyl (C=O) groups excluding carboxylic acids is 1. The number of nitrogens with one attached hydrogen (secondary N) is 2. The summed E-state index contributed by atoms with van der Waals surface area (Å²) in [5.41, 5.74) is 2.59. The van der Waals surface area contributed by atoms with E-state index in [1.807, 2.05) is 12.1 Å². The Hall–Kier alpha value is -2.64. The quantitative estimate of drug-likeness (QED) is 0.475. The second-order valence-corrected chi connectivity index (χ2v) is 8.01. The number of amides is 1. The van der Waals surface area contributed by atoms with Crippen molar-refractivity contribution in [3.63, 3.8) is 0 Å². The van der Waals surface area contributed by atoms with Crippen molar-refractivity contribution in [1.29, 1.82) is 0 Å². The van der Waals surface area contributed by atoms with Crippen LogP contribution in [0.5, 0.6) is 5.75 Å². The molecular formula is C24H32N4O2S. The molecule has 2 N–H and O–H groups in total. The molecule has 31 heavy (non-hydrogen) atoms. The Morgan fingerprint density at radius 2 is 1.68 bits per heavy atom. The van der Waals surface area contributed by atoms with Crippen LogP contribution < -0.4 is 20.3 Å². The molecule has 166 valence electrons. The summed E-state index contributed by atoms with van der Waals surface area (Å²) in [4.78, 5) is 17.3. The van der Waals surface area contributed by atoms with Gasteiger partial charge in [-0.25, -0.2) is 0 Å². The molecule has 0 aromatic heterocycles. The van der Waals surface area contributed by atoms with E-state index >= 15 is 0 Å². The van der Waals surface area contributed by atoms with Gasteiger partial charge in [-0.3, -0.25) is 10.1 Å². The average Bonchev–Trinajstić information content (AvgIpc) is 2.80. The molecule has 1 amide bonds. The monoisotopic (exact) mass is 440 g/mol. The van der Waals surface area contributed by atoms with Gasteiger partial charge in [-0.2, -0.15) is 0 Å². The zero-order valence-corrected chi connectivity index (χ0v) is 19.2. The number of nitrogens with zero attached hydrogens (tertiary/aromatic N) is 2. The summed E-state index contributed by atoms with van der Waals surface area (Å²) in [5.74, 6) is 0.518. The zero-order chi connectivity index (χ0) is 22.1. The number of piperazine rings is 1. The molecule has 0 atom stereocenters. The summed E-state index contributed by atoms with van der Waals surface area (Å²) in [6, 6.07) is 15.3. The molecule has 1 aliphatic heterocycles. The molecule has 0 aliphatic carbocycles. The SMILES string of the molecule is CCCCOc1ccc(C(=O)NC(=S)Nc2ccc(N3CCN(CC)CC3)cc2)cc1. The summed E-state index contributed by atoms with van der Waals surface area (Å²) in [6.45, 7) is 10.4. The van der Waals surface area contributed by atoms with Crippen LogP contribution in [0.15, 0.2) is 48.5 Å². The Labute approximate surface area is 190 Å². The van der Waals surface area contributed by atoms with Crippen molar-refractivity contribution in [3.05, 3.63) is 54.1 Å². The molecular weight excluding hydrogens is 408 g/mol. The van der Waals surface area contributed by atoms with Crippen LogP contribution in [0, 0.1) is 0 Å². The number of carbonyl (C=O) groups is 1. The molecule has 0 spiro atoms. The fourth-order valence-corrected chi connectivity index (χ4v) is 3.66. The highest BCUT2D eigenvalue weighted by Crippen LogP contribution is 2.19. The van der Waals surface area contributed by atoms with Crippen LogP contribution in [0.25, 0.3) is 0 Å². The molecule has 1 saturated heterocycles. The molecule has 3 rings (SSSR count). The molecule has 0 unspecified atom stereocenters. The van der Waals surface area contributed by atoms with Crippen LogP contribution in [0.4, 0.5) is 11.4 Å². The first-order valence-electron chi connectivity index (χ1n) is 11.0. The van der Waals surface area contributed by atoms with Crippen LogP contribution >= 0.6 is 12.2 Å². The smallest absolute Gasteiger partial charge is 0.257 e. The van der Waals surface area contributed by atoms with Crippen molar-refractivity contribution < 1.29 is 9.53 Å². The van der Waals surface area contributed by atoms with E-state index < -0.39 is 0 Å². The fraction of sp³-hybridized carbons (Fsp3) is 0.417. The van der Waals surface area contributed by atoms with Gasteiger partial charge in [0.25, 0.3) is 5.91 Å². The van der Waals surface area contributed by atoms with Crippen molar-refractivity contribution in [3.8, 4) is 5.75 Å².